The Morgan fingerprint density at radius 3 is 2.62 bits per heavy atom. The molecule has 0 bridgehead atoms. The summed E-state index contributed by atoms with van der Waals surface area (Å²) >= 11 is 0. The van der Waals surface area contributed by atoms with Crippen molar-refractivity contribution >= 4 is 17.5 Å². The third-order valence-corrected chi connectivity index (χ3v) is 3.81. The van der Waals surface area contributed by atoms with Crippen molar-refractivity contribution in [1.82, 2.24) is 5.32 Å². The quantitative estimate of drug-likeness (QED) is 0.867. The molecule has 114 valence electrons. The molecule has 1 saturated heterocycles. The number of anilines is 1. The summed E-state index contributed by atoms with van der Waals surface area (Å²) in [5.74, 6) is -0.0581. The maximum atomic E-state index is 12.0. The molecule has 5 nitrogen and oxygen atoms in total. The molecule has 0 spiro atoms. The van der Waals surface area contributed by atoms with E-state index in [2.05, 4.69) is 5.32 Å². The van der Waals surface area contributed by atoms with Gasteiger partial charge < -0.3 is 15.3 Å². The van der Waals surface area contributed by atoms with Gasteiger partial charge in [0, 0.05) is 24.2 Å². The molecule has 0 radical (unpaired) electrons. The number of rotatable bonds is 5. The Hall–Kier alpha value is -1.88. The zero-order valence-corrected chi connectivity index (χ0v) is 12.3. The van der Waals surface area contributed by atoms with Crippen molar-refractivity contribution in [2.24, 2.45) is 0 Å². The summed E-state index contributed by atoms with van der Waals surface area (Å²) in [4.78, 5) is 25.6. The number of piperidine rings is 1. The number of amides is 2. The topological polar surface area (TPSA) is 69.6 Å². The predicted octanol–water partition coefficient (Wildman–Crippen LogP) is 1.70. The monoisotopic (exact) mass is 290 g/mol. The van der Waals surface area contributed by atoms with Gasteiger partial charge in [-0.2, -0.15) is 0 Å². The Balaban J connectivity index is 2.04. The number of benzene rings is 1. The average Bonchev–Trinajstić information content (AvgIpc) is 2.53. The van der Waals surface area contributed by atoms with E-state index in [-0.39, 0.29) is 24.5 Å². The molecule has 1 heterocycles. The van der Waals surface area contributed by atoms with E-state index < -0.39 is 0 Å². The van der Waals surface area contributed by atoms with Crippen LogP contribution in [0.1, 0.15) is 43.0 Å². The predicted molar refractivity (Wildman–Crippen MR) is 81.3 cm³/mol. The lowest BCUT2D eigenvalue weighted by Crippen LogP contribution is -2.37. The summed E-state index contributed by atoms with van der Waals surface area (Å²) in [6.45, 7) is 2.58. The first-order valence-corrected chi connectivity index (χ1v) is 7.48. The minimum absolute atomic E-state index is 0.0669. The van der Waals surface area contributed by atoms with Crippen LogP contribution in [0.5, 0.6) is 0 Å². The third-order valence-electron chi connectivity index (χ3n) is 3.81. The van der Waals surface area contributed by atoms with E-state index in [4.69, 9.17) is 5.11 Å². The summed E-state index contributed by atoms with van der Waals surface area (Å²) in [6.07, 6.45) is 3.25. The molecule has 2 rings (SSSR count). The van der Waals surface area contributed by atoms with Crippen LogP contribution in [0.25, 0.3) is 0 Å². The fraction of sp³-hybridized carbons (Fsp3) is 0.500. The van der Waals surface area contributed by atoms with Gasteiger partial charge in [0.25, 0.3) is 5.91 Å². The van der Waals surface area contributed by atoms with Gasteiger partial charge in [-0.25, -0.2) is 0 Å². The maximum Gasteiger partial charge on any atom is 0.251 e. The molecule has 5 heteroatoms. The summed E-state index contributed by atoms with van der Waals surface area (Å²) in [5, 5.41) is 11.9. The lowest BCUT2D eigenvalue weighted by Gasteiger charge is -2.26. The molecule has 1 aliphatic heterocycles. The molecule has 0 aliphatic carbocycles. The second kappa shape index (κ2) is 7.22. The minimum atomic E-state index is -0.221. The Morgan fingerprint density at radius 2 is 2.05 bits per heavy atom. The molecule has 0 saturated carbocycles. The number of carbonyl (C=O) groups excluding carboxylic acids is 2. The molecular formula is C16H22N2O3. The van der Waals surface area contributed by atoms with Crippen molar-refractivity contribution in [3.63, 3.8) is 0 Å². The molecule has 1 unspecified atom stereocenters. The van der Waals surface area contributed by atoms with Crippen molar-refractivity contribution in [3.05, 3.63) is 29.8 Å². The number of hydrogen-bond donors (Lipinski definition) is 2. The molecule has 2 amide bonds. The molecule has 21 heavy (non-hydrogen) atoms. The molecule has 1 atom stereocenters. The van der Waals surface area contributed by atoms with Gasteiger partial charge in [0.15, 0.2) is 0 Å². The van der Waals surface area contributed by atoms with Crippen LogP contribution in [0.15, 0.2) is 24.3 Å². The number of aliphatic hydroxyl groups excluding tert-OH is 1. The van der Waals surface area contributed by atoms with Gasteiger partial charge in [0.05, 0.1) is 12.6 Å². The fourth-order valence-electron chi connectivity index (χ4n) is 2.42. The van der Waals surface area contributed by atoms with Crippen LogP contribution >= 0.6 is 0 Å². The summed E-state index contributed by atoms with van der Waals surface area (Å²) in [6, 6.07) is 6.82. The van der Waals surface area contributed by atoms with Crippen molar-refractivity contribution in [2.75, 3.05) is 18.1 Å². The smallest absolute Gasteiger partial charge is 0.251 e. The average molecular weight is 290 g/mol. The SMILES string of the molecule is CCC(CO)NC(=O)c1ccc(N2CCCCC2=O)cc1. The highest BCUT2D eigenvalue weighted by molar-refractivity contribution is 5.97. The summed E-state index contributed by atoms with van der Waals surface area (Å²) in [7, 11) is 0. The molecule has 0 aromatic heterocycles. The van der Waals surface area contributed by atoms with E-state index in [1.54, 1.807) is 29.2 Å². The highest BCUT2D eigenvalue weighted by atomic mass is 16.3. The van der Waals surface area contributed by atoms with Gasteiger partial charge in [-0.1, -0.05) is 6.92 Å². The van der Waals surface area contributed by atoms with Crippen LogP contribution in [-0.4, -0.2) is 36.1 Å². The van der Waals surface area contributed by atoms with Crippen LogP contribution in [-0.2, 0) is 4.79 Å². The van der Waals surface area contributed by atoms with Gasteiger partial charge in [-0.3, -0.25) is 9.59 Å². The molecule has 2 N–H and O–H groups in total. The number of carbonyl (C=O) groups is 2. The van der Waals surface area contributed by atoms with E-state index in [1.165, 1.54) is 0 Å². The fourth-order valence-corrected chi connectivity index (χ4v) is 2.42. The zero-order chi connectivity index (χ0) is 15.2. The van der Waals surface area contributed by atoms with E-state index >= 15 is 0 Å². The Morgan fingerprint density at radius 1 is 1.33 bits per heavy atom. The van der Waals surface area contributed by atoms with E-state index in [0.717, 1.165) is 25.1 Å². The van der Waals surface area contributed by atoms with Gasteiger partial charge in [0.2, 0.25) is 5.91 Å². The third kappa shape index (κ3) is 3.82. The van der Waals surface area contributed by atoms with Gasteiger partial charge >= 0.3 is 0 Å². The first kappa shape index (κ1) is 15.5. The molecule has 1 fully saturated rings. The zero-order valence-electron chi connectivity index (χ0n) is 12.3. The minimum Gasteiger partial charge on any atom is -0.394 e. The van der Waals surface area contributed by atoms with Crippen LogP contribution in [0.2, 0.25) is 0 Å². The Kier molecular flexibility index (Phi) is 5.33. The van der Waals surface area contributed by atoms with Crippen molar-refractivity contribution in [3.8, 4) is 0 Å². The molecule has 1 aromatic carbocycles. The summed E-state index contributed by atoms with van der Waals surface area (Å²) in [5.41, 5.74) is 1.38. The standard InChI is InChI=1S/C16H22N2O3/c1-2-13(11-19)17-16(21)12-6-8-14(9-7-12)18-10-4-3-5-15(18)20/h6-9,13,19H,2-5,10-11H2,1H3,(H,17,21). The van der Waals surface area contributed by atoms with Crippen molar-refractivity contribution in [1.29, 1.82) is 0 Å². The maximum absolute atomic E-state index is 12.0. The van der Waals surface area contributed by atoms with Gasteiger partial charge in [0.1, 0.15) is 0 Å². The lowest BCUT2D eigenvalue weighted by atomic mass is 10.1. The van der Waals surface area contributed by atoms with E-state index in [9.17, 15) is 9.59 Å². The van der Waals surface area contributed by atoms with Gasteiger partial charge in [-0.05, 0) is 43.5 Å². The van der Waals surface area contributed by atoms with Crippen LogP contribution in [0.4, 0.5) is 5.69 Å². The highest BCUT2D eigenvalue weighted by Crippen LogP contribution is 2.21. The van der Waals surface area contributed by atoms with E-state index in [0.29, 0.717) is 18.4 Å². The number of nitrogens with zero attached hydrogens (tertiary/aromatic N) is 1. The first-order valence-electron chi connectivity index (χ1n) is 7.48. The van der Waals surface area contributed by atoms with Crippen molar-refractivity contribution in [2.45, 2.75) is 38.6 Å². The highest BCUT2D eigenvalue weighted by Gasteiger charge is 2.19. The number of hydrogen-bond acceptors (Lipinski definition) is 3. The first-order chi connectivity index (χ1) is 10.2. The number of nitrogens with one attached hydrogen (secondary N) is 1. The van der Waals surface area contributed by atoms with E-state index in [1.807, 2.05) is 6.92 Å². The Bertz CT molecular complexity index is 495. The van der Waals surface area contributed by atoms with Gasteiger partial charge in [-0.15, -0.1) is 0 Å². The number of aliphatic hydroxyl groups is 1. The molecular weight excluding hydrogens is 268 g/mol. The van der Waals surface area contributed by atoms with Crippen molar-refractivity contribution < 1.29 is 14.7 Å². The van der Waals surface area contributed by atoms with Crippen LogP contribution in [0, 0.1) is 0 Å². The second-order valence-corrected chi connectivity index (χ2v) is 5.31. The Labute approximate surface area is 125 Å². The normalized spacial score (nSPS) is 16.7. The van der Waals surface area contributed by atoms with Crippen LogP contribution in [0.3, 0.4) is 0 Å². The van der Waals surface area contributed by atoms with Crippen LogP contribution < -0.4 is 10.2 Å². The lowest BCUT2D eigenvalue weighted by molar-refractivity contribution is -0.119. The molecule has 1 aliphatic rings. The molecule has 1 aromatic rings. The second-order valence-electron chi connectivity index (χ2n) is 5.31. The summed E-state index contributed by atoms with van der Waals surface area (Å²) < 4.78 is 0. The largest absolute Gasteiger partial charge is 0.394 e.